The first-order valence-electron chi connectivity index (χ1n) is 5.38. The van der Waals surface area contributed by atoms with Crippen molar-refractivity contribution >= 4 is 21.8 Å². The Hall–Kier alpha value is -1.23. The molecule has 1 aliphatic carbocycles. The van der Waals surface area contributed by atoms with Crippen molar-refractivity contribution in [2.75, 3.05) is 14.2 Å². The van der Waals surface area contributed by atoms with Crippen molar-refractivity contribution in [3.05, 3.63) is 22.2 Å². The number of amides is 1. The number of rotatable bonds is 4. The minimum Gasteiger partial charge on any atom is -0.497 e. The molecule has 0 radical (unpaired) electrons. The number of hydrogen-bond donors (Lipinski definition) is 1. The fourth-order valence-corrected chi connectivity index (χ4v) is 2.15. The summed E-state index contributed by atoms with van der Waals surface area (Å²) in [7, 11) is 3.11. The largest absolute Gasteiger partial charge is 0.497 e. The number of carbonyl (C=O) groups excluding carboxylic acids is 1. The molecule has 5 heteroatoms. The second-order valence-corrected chi connectivity index (χ2v) is 4.79. The fourth-order valence-electron chi connectivity index (χ4n) is 1.55. The molecule has 1 aromatic rings. The third kappa shape index (κ3) is 2.72. The molecule has 0 bridgehead atoms. The summed E-state index contributed by atoms with van der Waals surface area (Å²) in [5.74, 6) is 1.03. The predicted octanol–water partition coefficient (Wildman–Crippen LogP) is 2.36. The Labute approximate surface area is 108 Å². The highest BCUT2D eigenvalue weighted by atomic mass is 79.9. The van der Waals surface area contributed by atoms with Gasteiger partial charge in [-0.3, -0.25) is 4.79 Å². The highest BCUT2D eigenvalue weighted by Gasteiger charge is 2.26. The highest BCUT2D eigenvalue weighted by Crippen LogP contribution is 2.34. The zero-order valence-corrected chi connectivity index (χ0v) is 11.3. The molecule has 1 aliphatic rings. The van der Waals surface area contributed by atoms with Crippen LogP contribution in [0.25, 0.3) is 0 Å². The molecule has 0 atom stereocenters. The molecule has 2 rings (SSSR count). The number of hydrogen-bond acceptors (Lipinski definition) is 3. The molecule has 1 amide bonds. The lowest BCUT2D eigenvalue weighted by Gasteiger charge is -2.12. The lowest BCUT2D eigenvalue weighted by molar-refractivity contribution is 0.0947. The van der Waals surface area contributed by atoms with Crippen LogP contribution in [0.15, 0.2) is 16.6 Å². The van der Waals surface area contributed by atoms with E-state index in [1.807, 2.05) is 0 Å². The summed E-state index contributed by atoms with van der Waals surface area (Å²) in [5, 5.41) is 2.93. The van der Waals surface area contributed by atoms with Crippen LogP contribution in [0.5, 0.6) is 11.5 Å². The van der Waals surface area contributed by atoms with Crippen LogP contribution < -0.4 is 14.8 Å². The maximum Gasteiger partial charge on any atom is 0.255 e. The molecule has 0 heterocycles. The summed E-state index contributed by atoms with van der Waals surface area (Å²) in [4.78, 5) is 12.0. The van der Waals surface area contributed by atoms with Gasteiger partial charge < -0.3 is 14.8 Å². The van der Waals surface area contributed by atoms with Crippen molar-refractivity contribution in [1.29, 1.82) is 0 Å². The maximum atomic E-state index is 12.0. The Balaban J connectivity index is 2.34. The number of methoxy groups -OCH3 is 2. The van der Waals surface area contributed by atoms with Gasteiger partial charge in [0, 0.05) is 6.04 Å². The van der Waals surface area contributed by atoms with E-state index >= 15 is 0 Å². The summed E-state index contributed by atoms with van der Waals surface area (Å²) >= 11 is 3.36. The van der Waals surface area contributed by atoms with Crippen LogP contribution in [0.4, 0.5) is 0 Å². The van der Waals surface area contributed by atoms with Gasteiger partial charge >= 0.3 is 0 Å². The summed E-state index contributed by atoms with van der Waals surface area (Å²) in [6.07, 6.45) is 2.11. The van der Waals surface area contributed by atoms with Crippen LogP contribution in [0, 0.1) is 0 Å². The third-order valence-corrected chi connectivity index (χ3v) is 3.20. The van der Waals surface area contributed by atoms with E-state index in [2.05, 4.69) is 21.2 Å². The van der Waals surface area contributed by atoms with E-state index in [1.165, 1.54) is 0 Å². The topological polar surface area (TPSA) is 47.6 Å². The highest BCUT2D eigenvalue weighted by molar-refractivity contribution is 9.10. The van der Waals surface area contributed by atoms with Crippen molar-refractivity contribution in [1.82, 2.24) is 5.32 Å². The Morgan fingerprint density at radius 3 is 2.59 bits per heavy atom. The number of carbonyl (C=O) groups is 1. The quantitative estimate of drug-likeness (QED) is 0.928. The molecule has 4 nitrogen and oxygen atoms in total. The number of halogens is 1. The predicted molar refractivity (Wildman–Crippen MR) is 67.7 cm³/mol. The average molecular weight is 300 g/mol. The second-order valence-electron chi connectivity index (χ2n) is 3.94. The minimum atomic E-state index is -0.121. The van der Waals surface area contributed by atoms with Crippen molar-refractivity contribution in [3.63, 3.8) is 0 Å². The first-order chi connectivity index (χ1) is 8.15. The molecule has 1 saturated carbocycles. The summed E-state index contributed by atoms with van der Waals surface area (Å²) in [5.41, 5.74) is 0.491. The molecule has 0 unspecified atom stereocenters. The molecule has 92 valence electrons. The smallest absolute Gasteiger partial charge is 0.255 e. The third-order valence-electron chi connectivity index (χ3n) is 2.61. The maximum absolute atomic E-state index is 12.0. The monoisotopic (exact) mass is 299 g/mol. The molecule has 0 spiro atoms. The van der Waals surface area contributed by atoms with Gasteiger partial charge in [-0.25, -0.2) is 0 Å². The van der Waals surface area contributed by atoms with E-state index in [4.69, 9.17) is 9.47 Å². The first-order valence-corrected chi connectivity index (χ1v) is 6.17. The number of nitrogens with one attached hydrogen (secondary N) is 1. The van der Waals surface area contributed by atoms with Gasteiger partial charge in [-0.15, -0.1) is 0 Å². The Morgan fingerprint density at radius 2 is 2.06 bits per heavy atom. The van der Waals surface area contributed by atoms with Gasteiger partial charge in [-0.2, -0.15) is 0 Å². The van der Waals surface area contributed by atoms with Crippen LogP contribution >= 0.6 is 15.9 Å². The molecular weight excluding hydrogens is 286 g/mol. The molecule has 0 aliphatic heterocycles. The molecule has 1 N–H and O–H groups in total. The molecule has 17 heavy (non-hydrogen) atoms. The summed E-state index contributed by atoms with van der Waals surface area (Å²) in [6.45, 7) is 0. The standard InChI is InChI=1S/C12H14BrNO3/c1-16-8-5-9(11(17-2)10(13)6-8)12(15)14-7-3-4-7/h5-7H,3-4H2,1-2H3,(H,14,15). The summed E-state index contributed by atoms with van der Waals surface area (Å²) in [6, 6.07) is 3.77. The first kappa shape index (κ1) is 12.2. The minimum absolute atomic E-state index is 0.121. The Bertz CT molecular complexity index is 444. The van der Waals surface area contributed by atoms with E-state index in [0.717, 1.165) is 12.8 Å². The summed E-state index contributed by atoms with van der Waals surface area (Å²) < 4.78 is 11.1. The molecular formula is C12H14BrNO3. The Morgan fingerprint density at radius 1 is 1.35 bits per heavy atom. The van der Waals surface area contributed by atoms with Crippen molar-refractivity contribution in [3.8, 4) is 11.5 Å². The average Bonchev–Trinajstić information content (AvgIpc) is 3.11. The zero-order valence-electron chi connectivity index (χ0n) is 9.75. The molecule has 1 aromatic carbocycles. The van der Waals surface area contributed by atoms with Gasteiger partial charge in [-0.05, 0) is 40.9 Å². The SMILES string of the molecule is COc1cc(Br)c(OC)c(C(=O)NC2CC2)c1. The normalized spacial score (nSPS) is 14.3. The lowest BCUT2D eigenvalue weighted by Crippen LogP contribution is -2.25. The van der Waals surface area contributed by atoms with Gasteiger partial charge in [0.15, 0.2) is 0 Å². The van der Waals surface area contributed by atoms with Crippen LogP contribution in [0.2, 0.25) is 0 Å². The molecule has 1 fully saturated rings. The fraction of sp³-hybridized carbons (Fsp3) is 0.417. The van der Waals surface area contributed by atoms with Gasteiger partial charge in [0.25, 0.3) is 5.91 Å². The van der Waals surface area contributed by atoms with E-state index in [9.17, 15) is 4.79 Å². The van der Waals surface area contributed by atoms with Crippen molar-refractivity contribution in [2.24, 2.45) is 0 Å². The van der Waals surface area contributed by atoms with Gasteiger partial charge in [0.1, 0.15) is 11.5 Å². The number of ether oxygens (including phenoxy) is 2. The van der Waals surface area contributed by atoms with E-state index in [0.29, 0.717) is 27.6 Å². The number of benzene rings is 1. The zero-order chi connectivity index (χ0) is 12.4. The molecule has 0 saturated heterocycles. The van der Waals surface area contributed by atoms with Crippen LogP contribution in [0.1, 0.15) is 23.2 Å². The Kier molecular flexibility index (Phi) is 3.57. The van der Waals surface area contributed by atoms with Crippen LogP contribution in [-0.4, -0.2) is 26.2 Å². The van der Waals surface area contributed by atoms with E-state index < -0.39 is 0 Å². The van der Waals surface area contributed by atoms with Crippen molar-refractivity contribution < 1.29 is 14.3 Å². The second kappa shape index (κ2) is 4.96. The van der Waals surface area contributed by atoms with Gasteiger partial charge in [0.05, 0.1) is 24.3 Å². The van der Waals surface area contributed by atoms with Gasteiger partial charge in [0.2, 0.25) is 0 Å². The van der Waals surface area contributed by atoms with E-state index in [-0.39, 0.29) is 5.91 Å². The molecule has 0 aromatic heterocycles. The lowest BCUT2D eigenvalue weighted by atomic mass is 10.1. The van der Waals surface area contributed by atoms with Crippen molar-refractivity contribution in [2.45, 2.75) is 18.9 Å². The van der Waals surface area contributed by atoms with Gasteiger partial charge in [-0.1, -0.05) is 0 Å². The van der Waals surface area contributed by atoms with E-state index in [1.54, 1.807) is 26.4 Å². The van der Waals surface area contributed by atoms with Crippen LogP contribution in [0.3, 0.4) is 0 Å². The van der Waals surface area contributed by atoms with Crippen LogP contribution in [-0.2, 0) is 0 Å².